The molecule has 2 aromatic heterocycles. The van der Waals surface area contributed by atoms with E-state index in [4.69, 9.17) is 35.4 Å². The fourth-order valence-corrected chi connectivity index (χ4v) is 4.06. The molecule has 0 radical (unpaired) electrons. The van der Waals surface area contributed by atoms with Crippen LogP contribution in [0, 0.1) is 13.8 Å². The van der Waals surface area contributed by atoms with E-state index >= 15 is 0 Å². The molecular weight excluding hydrogens is 463 g/mol. The zero-order valence-electron chi connectivity index (χ0n) is 17.6. The third-order valence-corrected chi connectivity index (χ3v) is 5.83. The van der Waals surface area contributed by atoms with Crippen molar-refractivity contribution >= 4 is 51.9 Å². The number of thiocarbonyl (C=S) groups is 1. The van der Waals surface area contributed by atoms with E-state index in [1.807, 2.05) is 77.9 Å². The third kappa shape index (κ3) is 5.30. The number of hydrogen-bond donors (Lipinski definition) is 2. The van der Waals surface area contributed by atoms with Crippen LogP contribution in [0.25, 0.3) is 0 Å². The highest BCUT2D eigenvalue weighted by atomic mass is 35.5. The molecule has 4 rings (SSSR count). The summed E-state index contributed by atoms with van der Waals surface area (Å²) in [6, 6.07) is 15.5. The van der Waals surface area contributed by atoms with Crippen LogP contribution in [0.2, 0.25) is 10.0 Å². The summed E-state index contributed by atoms with van der Waals surface area (Å²) in [5, 5.41) is 17.4. The minimum absolute atomic E-state index is 0.468. The van der Waals surface area contributed by atoms with Crippen molar-refractivity contribution in [3.8, 4) is 0 Å². The highest BCUT2D eigenvalue weighted by molar-refractivity contribution is 7.80. The molecular formula is C23H22Cl2N6S. The number of nitrogens with one attached hydrogen (secondary N) is 2. The van der Waals surface area contributed by atoms with E-state index in [0.29, 0.717) is 23.2 Å². The lowest BCUT2D eigenvalue weighted by Crippen LogP contribution is -2.19. The Balaban J connectivity index is 1.41. The van der Waals surface area contributed by atoms with Crippen molar-refractivity contribution in [1.29, 1.82) is 0 Å². The molecule has 0 aliphatic heterocycles. The highest BCUT2D eigenvalue weighted by Gasteiger charge is 2.14. The molecule has 4 aromatic rings. The molecule has 32 heavy (non-hydrogen) atoms. The molecule has 9 heteroatoms. The Morgan fingerprint density at radius 1 is 1.03 bits per heavy atom. The van der Waals surface area contributed by atoms with Crippen molar-refractivity contribution in [3.63, 3.8) is 0 Å². The van der Waals surface area contributed by atoms with E-state index in [1.165, 1.54) is 0 Å². The van der Waals surface area contributed by atoms with Gasteiger partial charge >= 0.3 is 0 Å². The van der Waals surface area contributed by atoms with Gasteiger partial charge in [-0.3, -0.25) is 9.36 Å². The van der Waals surface area contributed by atoms with Crippen molar-refractivity contribution in [2.45, 2.75) is 26.9 Å². The first-order valence-corrected chi connectivity index (χ1v) is 11.2. The first-order valence-electron chi connectivity index (χ1n) is 10.0. The molecule has 0 aliphatic carbocycles. The predicted molar refractivity (Wildman–Crippen MR) is 135 cm³/mol. The second kappa shape index (κ2) is 9.73. The quantitative estimate of drug-likeness (QED) is 0.333. The van der Waals surface area contributed by atoms with Gasteiger partial charge in [-0.15, -0.1) is 0 Å². The summed E-state index contributed by atoms with van der Waals surface area (Å²) in [5.41, 5.74) is 5.61. The number of aryl methyl sites for hydroxylation is 1. The van der Waals surface area contributed by atoms with Gasteiger partial charge in [-0.2, -0.15) is 10.2 Å². The fraction of sp³-hybridized carbons (Fsp3) is 0.174. The lowest BCUT2D eigenvalue weighted by molar-refractivity contribution is 0.659. The lowest BCUT2D eigenvalue weighted by atomic mass is 10.2. The fourth-order valence-electron chi connectivity index (χ4n) is 3.43. The van der Waals surface area contributed by atoms with Crippen molar-refractivity contribution in [1.82, 2.24) is 19.6 Å². The van der Waals surface area contributed by atoms with E-state index in [0.717, 1.165) is 38.9 Å². The minimum Gasteiger partial charge on any atom is -0.330 e. The van der Waals surface area contributed by atoms with Gasteiger partial charge in [0.15, 0.2) is 5.11 Å². The summed E-state index contributed by atoms with van der Waals surface area (Å²) in [4.78, 5) is 0. The molecule has 0 saturated heterocycles. The molecule has 2 aromatic carbocycles. The standard InChI is InChI=1S/C23H22Cl2N6S/c1-15-22(16(2)31(29-15)12-17-6-5-8-19(24)10-17)28-23(32)27-20-11-26-30(14-20)13-18-7-3-4-9-21(18)25/h3-11,14H,12-13H2,1-2H3,(H2,27,28,32). The SMILES string of the molecule is Cc1nn(Cc2cccc(Cl)c2)c(C)c1NC(=S)Nc1cnn(Cc2ccccc2Cl)c1. The van der Waals surface area contributed by atoms with E-state index in [-0.39, 0.29) is 0 Å². The molecule has 0 aliphatic rings. The summed E-state index contributed by atoms with van der Waals surface area (Å²) in [6.45, 7) is 5.17. The van der Waals surface area contributed by atoms with Gasteiger partial charge in [0.2, 0.25) is 0 Å². The Morgan fingerprint density at radius 2 is 1.84 bits per heavy atom. The maximum absolute atomic E-state index is 6.24. The second-order valence-corrected chi connectivity index (χ2v) is 8.68. The van der Waals surface area contributed by atoms with Crippen molar-refractivity contribution in [3.05, 3.63) is 93.5 Å². The number of nitrogens with zero attached hydrogens (tertiary/aromatic N) is 4. The van der Waals surface area contributed by atoms with Crippen LogP contribution in [0.1, 0.15) is 22.5 Å². The van der Waals surface area contributed by atoms with Gasteiger partial charge in [0.25, 0.3) is 0 Å². The molecule has 0 unspecified atom stereocenters. The van der Waals surface area contributed by atoms with E-state index in [1.54, 1.807) is 6.20 Å². The molecule has 0 bridgehead atoms. The van der Waals surface area contributed by atoms with Crippen LogP contribution in [0.15, 0.2) is 60.9 Å². The Bertz CT molecular complexity index is 1260. The molecule has 164 valence electrons. The Labute approximate surface area is 202 Å². The molecule has 0 atom stereocenters. The average molecular weight is 485 g/mol. The van der Waals surface area contributed by atoms with Crippen LogP contribution in [-0.2, 0) is 13.1 Å². The average Bonchev–Trinajstić information content (AvgIpc) is 3.29. The maximum atomic E-state index is 6.24. The van der Waals surface area contributed by atoms with Gasteiger partial charge in [0.05, 0.1) is 42.0 Å². The summed E-state index contributed by atoms with van der Waals surface area (Å²) >= 11 is 17.9. The molecule has 0 amide bonds. The van der Waals surface area contributed by atoms with Gasteiger partial charge in [-0.05, 0) is 55.4 Å². The molecule has 0 spiro atoms. The van der Waals surface area contributed by atoms with E-state index < -0.39 is 0 Å². The minimum atomic E-state index is 0.468. The number of aromatic nitrogens is 4. The largest absolute Gasteiger partial charge is 0.330 e. The number of anilines is 2. The summed E-state index contributed by atoms with van der Waals surface area (Å²) in [6.07, 6.45) is 3.62. The van der Waals surface area contributed by atoms with Crippen molar-refractivity contribution in [2.75, 3.05) is 10.6 Å². The molecule has 2 N–H and O–H groups in total. The van der Waals surface area contributed by atoms with Crippen LogP contribution in [0.4, 0.5) is 11.4 Å². The van der Waals surface area contributed by atoms with Gasteiger partial charge < -0.3 is 10.6 Å². The number of halogens is 2. The van der Waals surface area contributed by atoms with Gasteiger partial charge in [-0.1, -0.05) is 53.5 Å². The van der Waals surface area contributed by atoms with Crippen molar-refractivity contribution in [2.24, 2.45) is 0 Å². The normalized spacial score (nSPS) is 10.9. The van der Waals surface area contributed by atoms with Gasteiger partial charge in [0.1, 0.15) is 0 Å². The monoisotopic (exact) mass is 484 g/mol. The van der Waals surface area contributed by atoms with Crippen LogP contribution in [0.5, 0.6) is 0 Å². The number of benzene rings is 2. The third-order valence-electron chi connectivity index (χ3n) is 5.02. The van der Waals surface area contributed by atoms with Crippen LogP contribution >= 0.6 is 35.4 Å². The number of hydrogen-bond acceptors (Lipinski definition) is 3. The Kier molecular flexibility index (Phi) is 6.79. The second-order valence-electron chi connectivity index (χ2n) is 7.43. The predicted octanol–water partition coefficient (Wildman–Crippen LogP) is 5.91. The highest BCUT2D eigenvalue weighted by Crippen LogP contribution is 2.22. The Morgan fingerprint density at radius 3 is 2.62 bits per heavy atom. The van der Waals surface area contributed by atoms with Crippen LogP contribution in [0.3, 0.4) is 0 Å². The summed E-state index contributed by atoms with van der Waals surface area (Å²) in [5.74, 6) is 0. The van der Waals surface area contributed by atoms with Gasteiger partial charge in [-0.25, -0.2) is 0 Å². The molecule has 2 heterocycles. The van der Waals surface area contributed by atoms with Crippen LogP contribution < -0.4 is 10.6 Å². The smallest absolute Gasteiger partial charge is 0.175 e. The lowest BCUT2D eigenvalue weighted by Gasteiger charge is -2.10. The first kappa shape index (κ1) is 22.3. The van der Waals surface area contributed by atoms with Gasteiger partial charge in [0, 0.05) is 16.2 Å². The topological polar surface area (TPSA) is 59.7 Å². The van der Waals surface area contributed by atoms with E-state index in [2.05, 4.69) is 20.8 Å². The molecule has 0 saturated carbocycles. The Hall–Kier alpha value is -2.87. The number of rotatable bonds is 6. The first-order chi connectivity index (χ1) is 15.4. The van der Waals surface area contributed by atoms with E-state index in [9.17, 15) is 0 Å². The summed E-state index contributed by atoms with van der Waals surface area (Å²) in [7, 11) is 0. The zero-order valence-corrected chi connectivity index (χ0v) is 20.0. The van der Waals surface area contributed by atoms with Crippen molar-refractivity contribution < 1.29 is 0 Å². The molecule has 6 nitrogen and oxygen atoms in total. The maximum Gasteiger partial charge on any atom is 0.175 e. The summed E-state index contributed by atoms with van der Waals surface area (Å²) < 4.78 is 3.75. The zero-order chi connectivity index (χ0) is 22.7. The molecule has 0 fully saturated rings. The van der Waals surface area contributed by atoms with Crippen LogP contribution in [-0.4, -0.2) is 24.7 Å².